The lowest BCUT2D eigenvalue weighted by Crippen LogP contribution is -2.53. The number of likely N-dealkylation sites (tertiary alicyclic amines) is 1. The van der Waals surface area contributed by atoms with Gasteiger partial charge in [0.05, 0.1) is 6.04 Å². The Morgan fingerprint density at radius 3 is 2.13 bits per heavy atom. The third-order valence-corrected chi connectivity index (χ3v) is 5.38. The lowest BCUT2D eigenvalue weighted by Gasteiger charge is -2.24. The van der Waals surface area contributed by atoms with Gasteiger partial charge in [0.2, 0.25) is 23.6 Å². The summed E-state index contributed by atoms with van der Waals surface area (Å²) in [4.78, 5) is 61.7. The number of unbranched alkanes of at least 4 members (excludes halogenated alkanes) is 2. The lowest BCUT2D eigenvalue weighted by molar-refractivity contribution is -0.139. The van der Waals surface area contributed by atoms with Gasteiger partial charge in [0, 0.05) is 31.2 Å². The number of Topliss-reactive ketones (excluding diaryl/α,β-unsaturated/α-hetero) is 1. The van der Waals surface area contributed by atoms with E-state index in [1.165, 1.54) is 4.90 Å². The van der Waals surface area contributed by atoms with Gasteiger partial charge in [-0.25, -0.2) is 0 Å². The van der Waals surface area contributed by atoms with Gasteiger partial charge in [-0.3, -0.25) is 28.9 Å². The number of carbonyl (C=O) groups is 5. The first kappa shape index (κ1) is 25.8. The molecule has 0 aromatic carbocycles. The zero-order chi connectivity index (χ0) is 23.0. The highest BCUT2D eigenvalue weighted by Gasteiger charge is 2.34. The van der Waals surface area contributed by atoms with E-state index in [2.05, 4.69) is 10.6 Å². The maximum Gasteiger partial charge on any atom is 0.243 e. The van der Waals surface area contributed by atoms with Crippen molar-refractivity contribution in [3.8, 4) is 0 Å². The first-order chi connectivity index (χ1) is 14.0. The molecule has 4 amide bonds. The van der Waals surface area contributed by atoms with E-state index in [1.54, 1.807) is 27.7 Å². The number of hydrogen-bond acceptors (Lipinski definition) is 5. The van der Waals surface area contributed by atoms with Crippen LogP contribution in [0.15, 0.2) is 0 Å². The zero-order valence-corrected chi connectivity index (χ0v) is 19.1. The van der Waals surface area contributed by atoms with Gasteiger partial charge in [-0.2, -0.15) is 0 Å². The molecule has 0 aliphatic carbocycles. The molecule has 1 unspecified atom stereocenters. The molecule has 0 radical (unpaired) electrons. The molecule has 0 aromatic heterocycles. The number of hydrogen-bond donors (Lipinski definition) is 2. The van der Waals surface area contributed by atoms with Gasteiger partial charge in [0.1, 0.15) is 6.04 Å². The molecule has 0 aromatic rings. The van der Waals surface area contributed by atoms with Crippen LogP contribution < -0.4 is 10.6 Å². The van der Waals surface area contributed by atoms with E-state index in [-0.39, 0.29) is 60.0 Å². The Hall–Kier alpha value is -2.25. The summed E-state index contributed by atoms with van der Waals surface area (Å²) >= 11 is 0. The Labute approximate surface area is 179 Å². The molecule has 1 fully saturated rings. The van der Waals surface area contributed by atoms with Crippen LogP contribution in [0.4, 0.5) is 0 Å². The highest BCUT2D eigenvalue weighted by Crippen LogP contribution is 2.19. The Balaban J connectivity index is 2.39. The van der Waals surface area contributed by atoms with E-state index in [0.29, 0.717) is 25.8 Å². The molecule has 1 heterocycles. The van der Waals surface area contributed by atoms with Crippen LogP contribution in [-0.2, 0) is 24.0 Å². The fourth-order valence-electron chi connectivity index (χ4n) is 3.47. The molecule has 0 saturated carbocycles. The lowest BCUT2D eigenvalue weighted by atomic mass is 10.00. The van der Waals surface area contributed by atoms with Crippen molar-refractivity contribution in [1.29, 1.82) is 0 Å². The maximum absolute atomic E-state index is 12.5. The summed E-state index contributed by atoms with van der Waals surface area (Å²) in [5.74, 6) is -1.42. The van der Waals surface area contributed by atoms with Crippen molar-refractivity contribution in [2.45, 2.75) is 85.7 Å². The molecule has 170 valence electrons. The first-order valence-corrected chi connectivity index (χ1v) is 10.9. The van der Waals surface area contributed by atoms with Crippen LogP contribution in [0.25, 0.3) is 0 Å². The Bertz CT molecular complexity index is 659. The largest absolute Gasteiger partial charge is 0.345 e. The maximum atomic E-state index is 12.5. The molecule has 8 nitrogen and oxygen atoms in total. The summed E-state index contributed by atoms with van der Waals surface area (Å²) < 4.78 is 0. The summed E-state index contributed by atoms with van der Waals surface area (Å²) in [7, 11) is 0. The van der Waals surface area contributed by atoms with Crippen LogP contribution in [0.3, 0.4) is 0 Å². The van der Waals surface area contributed by atoms with Crippen molar-refractivity contribution in [1.82, 2.24) is 15.5 Å². The molecule has 1 aliphatic heterocycles. The summed E-state index contributed by atoms with van der Waals surface area (Å²) in [6, 6.07) is -1.31. The van der Waals surface area contributed by atoms with E-state index in [9.17, 15) is 24.0 Å². The molecule has 1 aliphatic rings. The van der Waals surface area contributed by atoms with Crippen molar-refractivity contribution < 1.29 is 24.0 Å². The van der Waals surface area contributed by atoms with E-state index in [0.717, 1.165) is 0 Å². The Kier molecular flexibility index (Phi) is 10.2. The highest BCUT2D eigenvalue weighted by atomic mass is 16.2. The summed E-state index contributed by atoms with van der Waals surface area (Å²) in [5, 5.41) is 5.46. The summed E-state index contributed by atoms with van der Waals surface area (Å²) in [6.07, 6.45) is 2.50. The SMILES string of the molecule is CC(C)C(=O)[C@H](C)NC(=O)[C@@H](NC(=O)CCCCCN1C(=O)CC(C)C1=O)C(C)C. The molecular weight excluding hydrogens is 386 g/mol. The predicted octanol–water partition coefficient (Wildman–Crippen LogP) is 1.81. The standard InChI is InChI=1S/C22H37N3O5/c1-13(2)19(21(29)23-16(6)20(28)14(3)4)24-17(26)10-8-7-9-11-25-18(27)12-15(5)22(25)30/h13-16,19H,7-12H2,1-6H3,(H,23,29)(H,24,26)/t15?,16-,19-/m0/s1. The van der Waals surface area contributed by atoms with Crippen LogP contribution in [0.1, 0.15) is 73.6 Å². The second-order valence-corrected chi connectivity index (χ2v) is 8.88. The first-order valence-electron chi connectivity index (χ1n) is 10.9. The molecule has 3 atom stereocenters. The van der Waals surface area contributed by atoms with Gasteiger partial charge in [-0.05, 0) is 25.7 Å². The van der Waals surface area contributed by atoms with Gasteiger partial charge in [0.15, 0.2) is 5.78 Å². The fourth-order valence-corrected chi connectivity index (χ4v) is 3.47. The van der Waals surface area contributed by atoms with Gasteiger partial charge in [0.25, 0.3) is 0 Å². The minimum absolute atomic E-state index is 0.0541. The third-order valence-electron chi connectivity index (χ3n) is 5.38. The van der Waals surface area contributed by atoms with E-state index in [4.69, 9.17) is 0 Å². The minimum atomic E-state index is -0.707. The number of carbonyl (C=O) groups excluding carboxylic acids is 5. The van der Waals surface area contributed by atoms with Gasteiger partial charge in [-0.1, -0.05) is 41.0 Å². The minimum Gasteiger partial charge on any atom is -0.345 e. The van der Waals surface area contributed by atoms with Crippen LogP contribution in [0.2, 0.25) is 0 Å². The molecule has 1 rings (SSSR count). The summed E-state index contributed by atoms with van der Waals surface area (Å²) in [5.41, 5.74) is 0. The normalized spacial score (nSPS) is 18.7. The van der Waals surface area contributed by atoms with Crippen molar-refractivity contribution >= 4 is 29.4 Å². The Morgan fingerprint density at radius 1 is 1.00 bits per heavy atom. The molecule has 0 bridgehead atoms. The molecule has 8 heteroatoms. The average molecular weight is 424 g/mol. The number of imide groups is 1. The predicted molar refractivity (Wildman–Crippen MR) is 113 cm³/mol. The van der Waals surface area contributed by atoms with Crippen LogP contribution >= 0.6 is 0 Å². The molecule has 0 spiro atoms. The molecule has 30 heavy (non-hydrogen) atoms. The number of nitrogens with one attached hydrogen (secondary N) is 2. The molecule has 1 saturated heterocycles. The van der Waals surface area contributed by atoms with Crippen molar-refractivity contribution in [3.05, 3.63) is 0 Å². The van der Waals surface area contributed by atoms with Crippen molar-refractivity contribution in [3.63, 3.8) is 0 Å². The Morgan fingerprint density at radius 2 is 1.63 bits per heavy atom. The number of nitrogens with zero attached hydrogens (tertiary/aromatic N) is 1. The fraction of sp³-hybridized carbons (Fsp3) is 0.773. The quantitative estimate of drug-likeness (QED) is 0.367. The van der Waals surface area contributed by atoms with Crippen LogP contribution in [0, 0.1) is 17.8 Å². The van der Waals surface area contributed by atoms with Gasteiger partial charge >= 0.3 is 0 Å². The topological polar surface area (TPSA) is 113 Å². The summed E-state index contributed by atoms with van der Waals surface area (Å²) in [6.45, 7) is 11.0. The third kappa shape index (κ3) is 7.54. The van der Waals surface area contributed by atoms with E-state index in [1.807, 2.05) is 13.8 Å². The van der Waals surface area contributed by atoms with E-state index < -0.39 is 12.1 Å². The number of rotatable bonds is 12. The number of ketones is 1. The second-order valence-electron chi connectivity index (χ2n) is 8.88. The van der Waals surface area contributed by atoms with E-state index >= 15 is 0 Å². The number of amides is 4. The van der Waals surface area contributed by atoms with Crippen molar-refractivity contribution in [2.75, 3.05) is 6.54 Å². The van der Waals surface area contributed by atoms with Gasteiger partial charge in [-0.15, -0.1) is 0 Å². The van der Waals surface area contributed by atoms with Crippen LogP contribution in [0.5, 0.6) is 0 Å². The molecular formula is C22H37N3O5. The molecule has 2 N–H and O–H groups in total. The monoisotopic (exact) mass is 423 g/mol. The second kappa shape index (κ2) is 11.8. The van der Waals surface area contributed by atoms with Gasteiger partial charge < -0.3 is 10.6 Å². The zero-order valence-electron chi connectivity index (χ0n) is 19.1. The van der Waals surface area contributed by atoms with Crippen molar-refractivity contribution in [2.24, 2.45) is 17.8 Å². The highest BCUT2D eigenvalue weighted by molar-refractivity contribution is 6.03. The smallest absolute Gasteiger partial charge is 0.243 e. The average Bonchev–Trinajstić information content (AvgIpc) is 2.90. The van der Waals surface area contributed by atoms with Crippen LogP contribution in [-0.4, -0.2) is 52.9 Å².